The minimum Gasteiger partial charge on any atom is -0.357 e. The van der Waals surface area contributed by atoms with E-state index < -0.39 is 0 Å². The minimum absolute atomic E-state index is 0. The number of amides is 1. The minimum atomic E-state index is 0. The van der Waals surface area contributed by atoms with Crippen LogP contribution in [-0.4, -0.2) is 52.7 Å². The zero-order valence-corrected chi connectivity index (χ0v) is 22.1. The first-order chi connectivity index (χ1) is 15.0. The summed E-state index contributed by atoms with van der Waals surface area (Å²) in [6.07, 6.45) is 3.23. The highest BCUT2D eigenvalue weighted by Crippen LogP contribution is 2.21. The van der Waals surface area contributed by atoms with Crippen molar-refractivity contribution >= 4 is 35.8 Å². The molecule has 2 aromatic rings. The molecule has 1 aromatic carbocycles. The molecule has 0 radical (unpaired) electrons. The highest BCUT2D eigenvalue weighted by molar-refractivity contribution is 14.0. The van der Waals surface area contributed by atoms with E-state index in [1.165, 1.54) is 5.56 Å². The number of hydrogen-bond acceptors (Lipinski definition) is 3. The third-order valence-corrected chi connectivity index (χ3v) is 6.14. The molecule has 0 aliphatic carbocycles. The second-order valence-corrected chi connectivity index (χ2v) is 8.34. The van der Waals surface area contributed by atoms with Crippen molar-refractivity contribution in [1.29, 1.82) is 0 Å². The molecule has 1 aromatic heterocycles. The van der Waals surface area contributed by atoms with Crippen LogP contribution in [0.2, 0.25) is 0 Å². The van der Waals surface area contributed by atoms with Crippen molar-refractivity contribution in [1.82, 2.24) is 25.3 Å². The Bertz CT molecular complexity index is 887. The van der Waals surface area contributed by atoms with E-state index in [1.807, 2.05) is 30.5 Å². The number of rotatable bonds is 7. The summed E-state index contributed by atoms with van der Waals surface area (Å²) >= 11 is 0. The number of guanidine groups is 1. The van der Waals surface area contributed by atoms with E-state index in [-0.39, 0.29) is 36.4 Å². The number of halogens is 1. The lowest BCUT2D eigenvalue weighted by Crippen LogP contribution is -2.47. The highest BCUT2D eigenvalue weighted by Gasteiger charge is 2.23. The van der Waals surface area contributed by atoms with Crippen LogP contribution in [0.5, 0.6) is 0 Å². The smallest absolute Gasteiger partial charge is 0.241 e. The predicted molar refractivity (Wildman–Crippen MR) is 140 cm³/mol. The average molecular weight is 553 g/mol. The first-order valence-corrected chi connectivity index (χ1v) is 11.3. The van der Waals surface area contributed by atoms with Gasteiger partial charge in [-0.05, 0) is 51.5 Å². The Kier molecular flexibility index (Phi) is 10.5. The molecule has 0 spiro atoms. The molecule has 0 atom stereocenters. The molecule has 1 saturated heterocycles. The van der Waals surface area contributed by atoms with E-state index in [0.717, 1.165) is 55.8 Å². The van der Waals surface area contributed by atoms with Crippen molar-refractivity contribution in [2.45, 2.75) is 46.6 Å². The van der Waals surface area contributed by atoms with Crippen molar-refractivity contribution in [3.8, 4) is 0 Å². The topological polar surface area (TPSA) is 74.5 Å². The van der Waals surface area contributed by atoms with E-state index >= 15 is 0 Å². The van der Waals surface area contributed by atoms with Crippen molar-refractivity contribution in [3.63, 3.8) is 0 Å². The highest BCUT2D eigenvalue weighted by atomic mass is 127. The van der Waals surface area contributed by atoms with Crippen LogP contribution >= 0.6 is 24.0 Å². The van der Waals surface area contributed by atoms with Gasteiger partial charge in [-0.3, -0.25) is 9.48 Å². The number of likely N-dealkylation sites (tertiary alicyclic amines) is 1. The number of nitrogens with zero attached hydrogens (tertiary/aromatic N) is 4. The fourth-order valence-corrected chi connectivity index (χ4v) is 4.15. The van der Waals surface area contributed by atoms with Crippen LogP contribution in [0.15, 0.2) is 35.3 Å². The molecule has 0 saturated carbocycles. The van der Waals surface area contributed by atoms with Crippen molar-refractivity contribution < 1.29 is 4.79 Å². The lowest BCUT2D eigenvalue weighted by atomic mass is 9.90. The standard InChI is InChI=1S/C24H36N6O.HI/c1-5-25-24(26-16-22-18(2)28-29(4)19(22)3)27-17-23(31)30-13-11-21(12-14-30)15-20-9-7-6-8-10-20;/h6-10,21H,5,11-17H2,1-4H3,(H2,25,26,27);1H. The van der Waals surface area contributed by atoms with Crippen LogP contribution in [0.25, 0.3) is 0 Å². The molecular formula is C24H37IN6O. The Morgan fingerprint density at radius 1 is 1.16 bits per heavy atom. The largest absolute Gasteiger partial charge is 0.357 e. The average Bonchev–Trinajstić information content (AvgIpc) is 3.02. The fraction of sp³-hybridized carbons (Fsp3) is 0.542. The second-order valence-electron chi connectivity index (χ2n) is 8.34. The SMILES string of the molecule is CCNC(=NCc1c(C)nn(C)c1C)NCC(=O)N1CCC(Cc2ccccc2)CC1.I. The molecule has 3 rings (SSSR count). The fourth-order valence-electron chi connectivity index (χ4n) is 4.15. The van der Waals surface area contributed by atoms with E-state index in [1.54, 1.807) is 0 Å². The maximum absolute atomic E-state index is 12.7. The van der Waals surface area contributed by atoms with Gasteiger partial charge in [0.2, 0.25) is 5.91 Å². The molecule has 7 nitrogen and oxygen atoms in total. The molecule has 1 fully saturated rings. The number of aryl methyl sites for hydroxylation is 2. The summed E-state index contributed by atoms with van der Waals surface area (Å²) in [5.74, 6) is 1.46. The number of hydrogen-bond donors (Lipinski definition) is 2. The molecule has 1 aliphatic rings. The van der Waals surface area contributed by atoms with Crippen LogP contribution in [-0.2, 0) is 24.8 Å². The lowest BCUT2D eigenvalue weighted by Gasteiger charge is -2.32. The van der Waals surface area contributed by atoms with E-state index in [4.69, 9.17) is 0 Å². The van der Waals surface area contributed by atoms with Gasteiger partial charge in [-0.25, -0.2) is 4.99 Å². The number of carbonyl (C=O) groups excluding carboxylic acids is 1. The van der Waals surface area contributed by atoms with Crippen LogP contribution in [0.3, 0.4) is 0 Å². The maximum Gasteiger partial charge on any atom is 0.241 e. The van der Waals surface area contributed by atoms with E-state index in [0.29, 0.717) is 18.4 Å². The van der Waals surface area contributed by atoms with E-state index in [9.17, 15) is 4.79 Å². The number of piperidine rings is 1. The van der Waals surface area contributed by atoms with Gasteiger partial charge < -0.3 is 15.5 Å². The first kappa shape index (κ1) is 26.2. The number of carbonyl (C=O) groups is 1. The normalized spacial score (nSPS) is 14.8. The molecular weight excluding hydrogens is 515 g/mol. The number of nitrogens with one attached hydrogen (secondary N) is 2. The first-order valence-electron chi connectivity index (χ1n) is 11.3. The summed E-state index contributed by atoms with van der Waals surface area (Å²) in [6.45, 7) is 9.30. The monoisotopic (exact) mass is 552 g/mol. The van der Waals surface area contributed by atoms with Crippen LogP contribution in [0, 0.1) is 19.8 Å². The molecule has 0 bridgehead atoms. The summed E-state index contributed by atoms with van der Waals surface area (Å²) in [4.78, 5) is 19.4. The summed E-state index contributed by atoms with van der Waals surface area (Å²) in [7, 11) is 1.95. The Morgan fingerprint density at radius 2 is 1.84 bits per heavy atom. The molecule has 1 aliphatic heterocycles. The van der Waals surface area contributed by atoms with Crippen LogP contribution in [0.4, 0.5) is 0 Å². The van der Waals surface area contributed by atoms with Crippen LogP contribution in [0.1, 0.15) is 42.3 Å². The van der Waals surface area contributed by atoms with Gasteiger partial charge in [0.15, 0.2) is 5.96 Å². The van der Waals surface area contributed by atoms with Gasteiger partial charge in [0.05, 0.1) is 18.8 Å². The van der Waals surface area contributed by atoms with Gasteiger partial charge in [-0.2, -0.15) is 5.10 Å². The van der Waals surface area contributed by atoms with Gasteiger partial charge in [0.25, 0.3) is 0 Å². The zero-order valence-electron chi connectivity index (χ0n) is 19.7. The third-order valence-electron chi connectivity index (χ3n) is 6.14. The van der Waals surface area contributed by atoms with Gasteiger partial charge >= 0.3 is 0 Å². The van der Waals surface area contributed by atoms with Gasteiger partial charge in [0, 0.05) is 37.9 Å². The lowest BCUT2D eigenvalue weighted by molar-refractivity contribution is -0.131. The summed E-state index contributed by atoms with van der Waals surface area (Å²) in [6, 6.07) is 10.6. The summed E-state index contributed by atoms with van der Waals surface area (Å²) < 4.78 is 1.88. The van der Waals surface area contributed by atoms with Gasteiger partial charge in [-0.1, -0.05) is 30.3 Å². The van der Waals surface area contributed by atoms with E-state index in [2.05, 4.69) is 58.0 Å². The second kappa shape index (κ2) is 12.8. The molecule has 176 valence electrons. The molecule has 2 N–H and O–H groups in total. The molecule has 32 heavy (non-hydrogen) atoms. The number of aromatic nitrogens is 2. The Balaban J connectivity index is 0.00000363. The number of benzene rings is 1. The Hall–Kier alpha value is -2.10. The Morgan fingerprint density at radius 3 is 2.44 bits per heavy atom. The molecule has 1 amide bonds. The maximum atomic E-state index is 12.7. The molecule has 8 heteroatoms. The third kappa shape index (κ3) is 7.21. The molecule has 0 unspecified atom stereocenters. The van der Waals surface area contributed by atoms with Crippen molar-refractivity contribution in [2.24, 2.45) is 18.0 Å². The van der Waals surface area contributed by atoms with Crippen LogP contribution < -0.4 is 10.6 Å². The number of aliphatic imine (C=N–C) groups is 1. The van der Waals surface area contributed by atoms with Crippen molar-refractivity contribution in [3.05, 3.63) is 52.8 Å². The summed E-state index contributed by atoms with van der Waals surface area (Å²) in [5, 5.41) is 10.9. The van der Waals surface area contributed by atoms with Crippen molar-refractivity contribution in [2.75, 3.05) is 26.2 Å². The zero-order chi connectivity index (χ0) is 22.2. The summed E-state index contributed by atoms with van der Waals surface area (Å²) in [5.41, 5.74) is 4.63. The molecule has 2 heterocycles. The predicted octanol–water partition coefficient (Wildman–Crippen LogP) is 3.19. The Labute approximate surface area is 209 Å². The quantitative estimate of drug-likeness (QED) is 0.315. The van der Waals surface area contributed by atoms with Gasteiger partial charge in [0.1, 0.15) is 0 Å². The van der Waals surface area contributed by atoms with Gasteiger partial charge in [-0.15, -0.1) is 24.0 Å².